The number of carbonyl (C=O) groups excluding carboxylic acids is 2. The summed E-state index contributed by atoms with van der Waals surface area (Å²) in [4.78, 5) is 36.3. The molecule has 27 heavy (non-hydrogen) atoms. The Morgan fingerprint density at radius 1 is 1.19 bits per heavy atom. The van der Waals surface area contributed by atoms with Crippen LogP contribution in [0.5, 0.6) is 5.75 Å². The zero-order chi connectivity index (χ0) is 20.0. The predicted molar refractivity (Wildman–Crippen MR) is 97.6 cm³/mol. The molecule has 1 atom stereocenters. The summed E-state index contributed by atoms with van der Waals surface area (Å²) in [5, 5.41) is 10.9. The number of benzene rings is 2. The highest BCUT2D eigenvalue weighted by Gasteiger charge is 2.22. The van der Waals surface area contributed by atoms with Crippen molar-refractivity contribution in [3.8, 4) is 5.75 Å². The molecule has 0 saturated carbocycles. The van der Waals surface area contributed by atoms with E-state index in [1.807, 2.05) is 37.3 Å². The van der Waals surface area contributed by atoms with Crippen LogP contribution in [0.25, 0.3) is 0 Å². The Kier molecular flexibility index (Phi) is 6.48. The van der Waals surface area contributed by atoms with Crippen LogP contribution in [0.3, 0.4) is 0 Å². The SMILES string of the molecule is COc1ccc([N+](=O)[O-])cc1C(=O)OCC(=O)N(C)C(C)c1ccccc1. The van der Waals surface area contributed by atoms with Gasteiger partial charge in [0, 0.05) is 19.2 Å². The summed E-state index contributed by atoms with van der Waals surface area (Å²) in [6, 6.07) is 12.8. The maximum absolute atomic E-state index is 12.3. The molecule has 2 rings (SSSR count). The zero-order valence-electron chi connectivity index (χ0n) is 15.2. The van der Waals surface area contributed by atoms with Crippen LogP contribution in [0.15, 0.2) is 48.5 Å². The van der Waals surface area contributed by atoms with Crippen molar-refractivity contribution in [2.24, 2.45) is 0 Å². The molecule has 0 bridgehead atoms. The molecule has 0 saturated heterocycles. The normalized spacial score (nSPS) is 11.4. The molecule has 8 heteroatoms. The minimum Gasteiger partial charge on any atom is -0.496 e. The van der Waals surface area contributed by atoms with Crippen molar-refractivity contribution in [1.29, 1.82) is 0 Å². The lowest BCUT2D eigenvalue weighted by Gasteiger charge is -2.25. The molecule has 0 aromatic heterocycles. The van der Waals surface area contributed by atoms with E-state index < -0.39 is 23.4 Å². The number of ether oxygens (including phenoxy) is 2. The Morgan fingerprint density at radius 3 is 2.44 bits per heavy atom. The van der Waals surface area contributed by atoms with Crippen LogP contribution in [0.1, 0.15) is 28.9 Å². The number of non-ortho nitro benzene ring substituents is 1. The second-order valence-electron chi connectivity index (χ2n) is 5.81. The molecule has 0 heterocycles. The van der Waals surface area contributed by atoms with Gasteiger partial charge in [0.1, 0.15) is 11.3 Å². The van der Waals surface area contributed by atoms with Gasteiger partial charge in [0.25, 0.3) is 11.6 Å². The molecule has 1 amide bonds. The summed E-state index contributed by atoms with van der Waals surface area (Å²) in [5.41, 5.74) is 0.558. The van der Waals surface area contributed by atoms with E-state index in [-0.39, 0.29) is 23.0 Å². The zero-order valence-corrected chi connectivity index (χ0v) is 15.2. The molecule has 1 unspecified atom stereocenters. The topological polar surface area (TPSA) is 99.0 Å². The number of esters is 1. The molecular formula is C19H20N2O6. The van der Waals surface area contributed by atoms with Crippen molar-refractivity contribution in [2.75, 3.05) is 20.8 Å². The van der Waals surface area contributed by atoms with Crippen LogP contribution in [0.4, 0.5) is 5.69 Å². The van der Waals surface area contributed by atoms with Crippen LogP contribution in [-0.4, -0.2) is 42.5 Å². The minimum absolute atomic E-state index is 0.113. The summed E-state index contributed by atoms with van der Waals surface area (Å²) in [5.74, 6) is -1.14. The molecule has 0 fully saturated rings. The molecule has 0 N–H and O–H groups in total. The maximum atomic E-state index is 12.3. The molecule has 2 aromatic carbocycles. The van der Waals surface area contributed by atoms with Crippen molar-refractivity contribution in [1.82, 2.24) is 4.90 Å². The third-order valence-corrected chi connectivity index (χ3v) is 4.20. The molecule has 0 aliphatic heterocycles. The molecule has 8 nitrogen and oxygen atoms in total. The quantitative estimate of drug-likeness (QED) is 0.421. The second kappa shape index (κ2) is 8.79. The van der Waals surface area contributed by atoms with E-state index in [1.54, 1.807) is 7.05 Å². The number of hydrogen-bond acceptors (Lipinski definition) is 6. The van der Waals surface area contributed by atoms with Gasteiger partial charge in [-0.2, -0.15) is 0 Å². The van der Waals surface area contributed by atoms with E-state index in [0.29, 0.717) is 0 Å². The predicted octanol–water partition coefficient (Wildman–Crippen LogP) is 2.98. The summed E-state index contributed by atoms with van der Waals surface area (Å²) in [6.07, 6.45) is 0. The van der Waals surface area contributed by atoms with Gasteiger partial charge >= 0.3 is 5.97 Å². The molecular weight excluding hydrogens is 352 g/mol. The van der Waals surface area contributed by atoms with E-state index in [0.717, 1.165) is 11.6 Å². The van der Waals surface area contributed by atoms with Crippen LogP contribution >= 0.6 is 0 Å². The average Bonchev–Trinajstić information content (AvgIpc) is 2.70. The Morgan fingerprint density at radius 2 is 1.85 bits per heavy atom. The standard InChI is InChI=1S/C19H20N2O6/c1-13(14-7-5-4-6-8-14)20(2)18(22)12-27-19(23)16-11-15(21(24)25)9-10-17(16)26-3/h4-11,13H,12H2,1-3H3. The number of carbonyl (C=O) groups is 2. The third-order valence-electron chi connectivity index (χ3n) is 4.20. The van der Waals surface area contributed by atoms with Gasteiger partial charge in [0.15, 0.2) is 6.61 Å². The first-order valence-electron chi connectivity index (χ1n) is 8.15. The number of nitro groups is 1. The van der Waals surface area contributed by atoms with E-state index in [4.69, 9.17) is 9.47 Å². The Labute approximate surface area is 156 Å². The van der Waals surface area contributed by atoms with Gasteiger partial charge in [0.2, 0.25) is 0 Å². The molecule has 0 aliphatic rings. The largest absolute Gasteiger partial charge is 0.496 e. The summed E-state index contributed by atoms with van der Waals surface area (Å²) in [7, 11) is 2.94. The number of hydrogen-bond donors (Lipinski definition) is 0. The number of likely N-dealkylation sites (N-methyl/N-ethyl adjacent to an activating group) is 1. The van der Waals surface area contributed by atoms with Crippen molar-refractivity contribution in [3.05, 3.63) is 69.8 Å². The Bertz CT molecular complexity index is 837. The van der Waals surface area contributed by atoms with E-state index in [2.05, 4.69) is 0 Å². The first kappa shape index (κ1) is 19.9. The van der Waals surface area contributed by atoms with Crippen molar-refractivity contribution < 1.29 is 24.0 Å². The highest BCUT2D eigenvalue weighted by Crippen LogP contribution is 2.25. The smallest absolute Gasteiger partial charge is 0.342 e. The lowest BCUT2D eigenvalue weighted by molar-refractivity contribution is -0.384. The number of rotatable bonds is 7. The van der Waals surface area contributed by atoms with Crippen molar-refractivity contribution >= 4 is 17.6 Å². The number of nitrogens with zero attached hydrogens (tertiary/aromatic N) is 2. The lowest BCUT2D eigenvalue weighted by Crippen LogP contribution is -2.33. The third kappa shape index (κ3) is 4.81. The van der Waals surface area contributed by atoms with Gasteiger partial charge in [-0.25, -0.2) is 4.79 Å². The van der Waals surface area contributed by atoms with Gasteiger partial charge in [-0.1, -0.05) is 30.3 Å². The summed E-state index contributed by atoms with van der Waals surface area (Å²) < 4.78 is 10.1. The number of amides is 1. The Hall–Kier alpha value is -3.42. The van der Waals surface area contributed by atoms with Gasteiger partial charge in [-0.15, -0.1) is 0 Å². The van der Waals surface area contributed by atoms with Crippen LogP contribution < -0.4 is 4.74 Å². The molecule has 142 valence electrons. The van der Waals surface area contributed by atoms with E-state index in [9.17, 15) is 19.7 Å². The minimum atomic E-state index is -0.871. The van der Waals surface area contributed by atoms with E-state index >= 15 is 0 Å². The monoisotopic (exact) mass is 372 g/mol. The molecule has 0 aliphatic carbocycles. The van der Waals surface area contributed by atoms with Crippen molar-refractivity contribution in [2.45, 2.75) is 13.0 Å². The highest BCUT2D eigenvalue weighted by molar-refractivity contribution is 5.94. The van der Waals surface area contributed by atoms with E-state index in [1.165, 1.54) is 24.1 Å². The van der Waals surface area contributed by atoms with Gasteiger partial charge < -0.3 is 14.4 Å². The second-order valence-corrected chi connectivity index (χ2v) is 5.81. The first-order valence-corrected chi connectivity index (χ1v) is 8.15. The number of methoxy groups -OCH3 is 1. The fourth-order valence-electron chi connectivity index (χ4n) is 2.45. The summed E-state index contributed by atoms with van der Waals surface area (Å²) in [6.45, 7) is 1.37. The van der Waals surface area contributed by atoms with Crippen LogP contribution in [-0.2, 0) is 9.53 Å². The Balaban J connectivity index is 2.05. The summed E-state index contributed by atoms with van der Waals surface area (Å²) >= 11 is 0. The highest BCUT2D eigenvalue weighted by atomic mass is 16.6. The van der Waals surface area contributed by atoms with Crippen LogP contribution in [0.2, 0.25) is 0 Å². The fraction of sp³-hybridized carbons (Fsp3) is 0.263. The number of nitro benzene ring substituents is 1. The fourth-order valence-corrected chi connectivity index (χ4v) is 2.45. The van der Waals surface area contributed by atoms with Gasteiger partial charge in [-0.3, -0.25) is 14.9 Å². The first-order chi connectivity index (χ1) is 12.8. The molecule has 2 aromatic rings. The molecule has 0 radical (unpaired) electrons. The average molecular weight is 372 g/mol. The van der Waals surface area contributed by atoms with Gasteiger partial charge in [0.05, 0.1) is 18.1 Å². The lowest BCUT2D eigenvalue weighted by atomic mass is 10.1. The van der Waals surface area contributed by atoms with Gasteiger partial charge in [-0.05, 0) is 18.6 Å². The maximum Gasteiger partial charge on any atom is 0.342 e. The van der Waals surface area contributed by atoms with Crippen molar-refractivity contribution in [3.63, 3.8) is 0 Å². The van der Waals surface area contributed by atoms with Crippen LogP contribution in [0, 0.1) is 10.1 Å². The molecule has 0 spiro atoms.